The third-order valence-corrected chi connectivity index (χ3v) is 2.91. The van der Waals surface area contributed by atoms with Crippen molar-refractivity contribution in [2.24, 2.45) is 7.05 Å². The van der Waals surface area contributed by atoms with E-state index in [1.165, 1.54) is 10.9 Å². The van der Waals surface area contributed by atoms with Gasteiger partial charge in [0.1, 0.15) is 12.4 Å². The van der Waals surface area contributed by atoms with Gasteiger partial charge in [0.25, 0.3) is 6.43 Å². The highest BCUT2D eigenvalue weighted by molar-refractivity contribution is 9.10. The van der Waals surface area contributed by atoms with Crippen molar-refractivity contribution in [3.63, 3.8) is 0 Å². The van der Waals surface area contributed by atoms with Gasteiger partial charge in [-0.25, -0.2) is 13.5 Å². The molecule has 0 fully saturated rings. The fourth-order valence-electron chi connectivity index (χ4n) is 1.41. The molecule has 0 saturated carbocycles. The molecule has 6 nitrogen and oxygen atoms in total. The Labute approximate surface area is 110 Å². The van der Waals surface area contributed by atoms with E-state index in [-0.39, 0.29) is 0 Å². The number of hydrogen-bond acceptors (Lipinski definition) is 4. The molecule has 0 unspecified atom stereocenters. The molecule has 2 aromatic rings. The van der Waals surface area contributed by atoms with Gasteiger partial charge in [-0.15, -0.1) is 5.10 Å². The molecule has 1 N–H and O–H groups in total. The van der Waals surface area contributed by atoms with Gasteiger partial charge >= 0.3 is 0 Å². The maximum atomic E-state index is 12.1. The Morgan fingerprint density at radius 2 is 2.28 bits per heavy atom. The molecule has 98 valence electrons. The van der Waals surface area contributed by atoms with Crippen LogP contribution in [0.3, 0.4) is 0 Å². The van der Waals surface area contributed by atoms with Crippen LogP contribution in [0.1, 0.15) is 5.69 Å². The van der Waals surface area contributed by atoms with Crippen molar-refractivity contribution in [2.75, 3.05) is 5.32 Å². The first-order valence-corrected chi connectivity index (χ1v) is 5.95. The highest BCUT2D eigenvalue weighted by Gasteiger charge is 2.09. The van der Waals surface area contributed by atoms with Crippen LogP contribution in [0.25, 0.3) is 0 Å². The van der Waals surface area contributed by atoms with E-state index < -0.39 is 13.0 Å². The van der Waals surface area contributed by atoms with Gasteiger partial charge in [0.2, 0.25) is 0 Å². The van der Waals surface area contributed by atoms with E-state index in [4.69, 9.17) is 0 Å². The molecule has 0 spiro atoms. The van der Waals surface area contributed by atoms with E-state index >= 15 is 0 Å². The van der Waals surface area contributed by atoms with E-state index in [1.54, 1.807) is 17.8 Å². The maximum Gasteiger partial charge on any atom is 0.257 e. The zero-order valence-electron chi connectivity index (χ0n) is 9.52. The number of nitrogens with one attached hydrogen (secondary N) is 1. The van der Waals surface area contributed by atoms with Crippen LogP contribution in [0.2, 0.25) is 0 Å². The molecule has 2 rings (SSSR count). The van der Waals surface area contributed by atoms with Crippen molar-refractivity contribution in [3.05, 3.63) is 22.6 Å². The number of aromatic nitrogens is 5. The molecule has 18 heavy (non-hydrogen) atoms. The van der Waals surface area contributed by atoms with E-state index in [2.05, 4.69) is 36.7 Å². The predicted octanol–water partition coefficient (Wildman–Crippen LogP) is 1.65. The Hall–Kier alpha value is -1.51. The molecule has 0 radical (unpaired) electrons. The molecule has 0 aliphatic carbocycles. The van der Waals surface area contributed by atoms with Gasteiger partial charge in [0.05, 0.1) is 12.2 Å². The van der Waals surface area contributed by atoms with Crippen LogP contribution in [-0.4, -0.2) is 31.2 Å². The molecule has 0 bridgehead atoms. The van der Waals surface area contributed by atoms with Crippen molar-refractivity contribution in [2.45, 2.75) is 19.5 Å². The van der Waals surface area contributed by atoms with Gasteiger partial charge < -0.3 is 5.32 Å². The summed E-state index contributed by atoms with van der Waals surface area (Å²) in [5, 5.41) is 14.6. The first kappa shape index (κ1) is 12.9. The van der Waals surface area contributed by atoms with Crippen LogP contribution < -0.4 is 5.32 Å². The summed E-state index contributed by atoms with van der Waals surface area (Å²) in [6.07, 6.45) is -0.904. The van der Waals surface area contributed by atoms with Crippen molar-refractivity contribution in [1.29, 1.82) is 0 Å². The number of halogens is 3. The second kappa shape index (κ2) is 5.42. The van der Waals surface area contributed by atoms with E-state index in [0.29, 0.717) is 17.0 Å². The highest BCUT2D eigenvalue weighted by Crippen LogP contribution is 2.13. The molecule has 0 amide bonds. The number of hydrogen-bond donors (Lipinski definition) is 1. The van der Waals surface area contributed by atoms with Gasteiger partial charge in [-0.05, 0) is 15.9 Å². The summed E-state index contributed by atoms with van der Waals surface area (Å²) in [5.74, 6) is 0.531. The number of rotatable bonds is 5. The molecular weight excluding hydrogens is 310 g/mol. The Bertz CT molecular complexity index is 503. The van der Waals surface area contributed by atoms with Crippen LogP contribution in [0.15, 0.2) is 16.9 Å². The molecule has 2 heterocycles. The van der Waals surface area contributed by atoms with Gasteiger partial charge in [0, 0.05) is 19.3 Å². The lowest BCUT2D eigenvalue weighted by Crippen LogP contribution is -2.09. The lowest BCUT2D eigenvalue weighted by atomic mass is 10.4. The lowest BCUT2D eigenvalue weighted by Gasteiger charge is -2.03. The fourth-order valence-corrected chi connectivity index (χ4v) is 1.88. The van der Waals surface area contributed by atoms with E-state index in [0.717, 1.165) is 5.69 Å². The summed E-state index contributed by atoms with van der Waals surface area (Å²) in [7, 11) is 1.77. The summed E-state index contributed by atoms with van der Waals surface area (Å²) in [5.41, 5.74) is 0.846. The third kappa shape index (κ3) is 3.03. The zero-order chi connectivity index (χ0) is 13.1. The number of aryl methyl sites for hydroxylation is 1. The Morgan fingerprint density at radius 1 is 1.50 bits per heavy atom. The second-order valence-corrected chi connectivity index (χ2v) is 4.37. The lowest BCUT2D eigenvalue weighted by molar-refractivity contribution is 0.122. The van der Waals surface area contributed by atoms with Gasteiger partial charge in [-0.2, -0.15) is 5.10 Å². The van der Waals surface area contributed by atoms with E-state index in [9.17, 15) is 8.78 Å². The summed E-state index contributed by atoms with van der Waals surface area (Å²) in [4.78, 5) is 0. The monoisotopic (exact) mass is 320 g/mol. The molecular formula is C9H11BrF2N6. The number of alkyl halides is 2. The first-order chi connectivity index (χ1) is 8.56. The molecule has 9 heteroatoms. The van der Waals surface area contributed by atoms with Crippen molar-refractivity contribution in [1.82, 2.24) is 24.8 Å². The van der Waals surface area contributed by atoms with Crippen LogP contribution in [0.4, 0.5) is 14.6 Å². The molecule has 0 aliphatic heterocycles. The summed E-state index contributed by atoms with van der Waals surface area (Å²) >= 11 is 3.27. The minimum Gasteiger partial charge on any atom is -0.363 e. The van der Waals surface area contributed by atoms with Gasteiger partial charge in [0.15, 0.2) is 4.60 Å². The first-order valence-electron chi connectivity index (χ1n) is 5.16. The Morgan fingerprint density at radius 3 is 2.89 bits per heavy atom. The summed E-state index contributed by atoms with van der Waals surface area (Å²) < 4.78 is 27.7. The van der Waals surface area contributed by atoms with Crippen molar-refractivity contribution >= 4 is 21.7 Å². The van der Waals surface area contributed by atoms with E-state index in [1.807, 2.05) is 0 Å². The van der Waals surface area contributed by atoms with Crippen molar-refractivity contribution < 1.29 is 8.78 Å². The molecule has 0 saturated heterocycles. The molecule has 0 atom stereocenters. The zero-order valence-corrected chi connectivity index (χ0v) is 11.1. The average Bonchev–Trinajstić information content (AvgIpc) is 2.84. The Kier molecular flexibility index (Phi) is 3.90. The Balaban J connectivity index is 1.96. The molecule has 2 aromatic heterocycles. The normalized spacial score (nSPS) is 11.2. The second-order valence-electron chi connectivity index (χ2n) is 3.62. The minimum absolute atomic E-state index is 0.404. The fraction of sp³-hybridized carbons (Fsp3) is 0.444. The van der Waals surface area contributed by atoms with Crippen LogP contribution in [0.5, 0.6) is 0 Å². The van der Waals surface area contributed by atoms with Gasteiger partial charge in [-0.1, -0.05) is 5.21 Å². The van der Waals surface area contributed by atoms with Crippen LogP contribution in [0, 0.1) is 0 Å². The maximum absolute atomic E-state index is 12.1. The third-order valence-electron chi connectivity index (χ3n) is 2.30. The van der Waals surface area contributed by atoms with Crippen LogP contribution >= 0.6 is 15.9 Å². The van der Waals surface area contributed by atoms with Crippen molar-refractivity contribution in [3.8, 4) is 0 Å². The summed E-state index contributed by atoms with van der Waals surface area (Å²) in [6, 6.07) is 1.64. The van der Waals surface area contributed by atoms with Crippen LogP contribution in [-0.2, 0) is 20.1 Å². The number of nitrogens with zero attached hydrogens (tertiary/aromatic N) is 5. The van der Waals surface area contributed by atoms with Gasteiger partial charge in [-0.3, -0.25) is 4.68 Å². The topological polar surface area (TPSA) is 60.6 Å². The summed E-state index contributed by atoms with van der Waals surface area (Å²) in [6.45, 7) is 0.0500. The minimum atomic E-state index is -2.41. The average molecular weight is 321 g/mol. The predicted molar refractivity (Wildman–Crippen MR) is 64.3 cm³/mol. The molecule has 0 aliphatic rings. The number of anilines is 1. The SMILES string of the molecule is Cn1nnc(Br)c1CNc1ccn(CC(F)F)n1. The largest absolute Gasteiger partial charge is 0.363 e. The molecule has 0 aromatic carbocycles. The highest BCUT2D eigenvalue weighted by atomic mass is 79.9. The smallest absolute Gasteiger partial charge is 0.257 e. The quantitative estimate of drug-likeness (QED) is 0.910. The standard InChI is InChI=1S/C9H11BrF2N6/c1-17-6(9(10)14-16-17)4-13-8-2-3-18(15-8)5-7(11)12/h2-3,7H,4-5H2,1H3,(H,13,15).